The fraction of sp³-hybridized carbons (Fsp3) is 0.167. The Morgan fingerprint density at radius 1 is 1.33 bits per heavy atom. The van der Waals surface area contributed by atoms with Gasteiger partial charge in [-0.3, -0.25) is 0 Å². The van der Waals surface area contributed by atoms with E-state index in [2.05, 4.69) is 15.9 Å². The SMILES string of the molecule is OC(Cc1ccc(F)c(Cl)c1)c1cc(Br)c(Cl)s1. The average molecular weight is 370 g/mol. The van der Waals surface area contributed by atoms with Gasteiger partial charge in [-0.1, -0.05) is 29.3 Å². The highest BCUT2D eigenvalue weighted by molar-refractivity contribution is 9.10. The molecule has 1 nitrogen and oxygen atoms in total. The van der Waals surface area contributed by atoms with Gasteiger partial charge in [0.15, 0.2) is 0 Å². The highest BCUT2D eigenvalue weighted by Crippen LogP contribution is 2.36. The molecule has 1 aromatic heterocycles. The van der Waals surface area contributed by atoms with E-state index in [-0.39, 0.29) is 5.02 Å². The number of aliphatic hydroxyl groups is 1. The van der Waals surface area contributed by atoms with Gasteiger partial charge in [-0.25, -0.2) is 4.39 Å². The van der Waals surface area contributed by atoms with Crippen molar-refractivity contribution in [1.82, 2.24) is 0 Å². The number of thiophene rings is 1. The van der Waals surface area contributed by atoms with Crippen LogP contribution in [0.4, 0.5) is 4.39 Å². The third kappa shape index (κ3) is 3.25. The van der Waals surface area contributed by atoms with Crippen LogP contribution in [-0.2, 0) is 6.42 Å². The van der Waals surface area contributed by atoms with E-state index in [1.807, 2.05) is 0 Å². The maximum atomic E-state index is 13.0. The Morgan fingerprint density at radius 3 is 2.61 bits per heavy atom. The Labute approximate surface area is 126 Å². The number of aliphatic hydroxyl groups excluding tert-OH is 1. The molecule has 0 spiro atoms. The smallest absolute Gasteiger partial charge is 0.141 e. The van der Waals surface area contributed by atoms with E-state index < -0.39 is 11.9 Å². The maximum absolute atomic E-state index is 13.0. The van der Waals surface area contributed by atoms with Gasteiger partial charge in [-0.15, -0.1) is 11.3 Å². The van der Waals surface area contributed by atoms with E-state index in [4.69, 9.17) is 23.2 Å². The molecule has 1 heterocycles. The lowest BCUT2D eigenvalue weighted by Crippen LogP contribution is -1.99. The zero-order valence-electron chi connectivity index (χ0n) is 8.96. The molecule has 0 aliphatic rings. The molecule has 1 N–H and O–H groups in total. The lowest BCUT2D eigenvalue weighted by molar-refractivity contribution is 0.182. The molecule has 0 bridgehead atoms. The molecule has 0 saturated heterocycles. The summed E-state index contributed by atoms with van der Waals surface area (Å²) in [4.78, 5) is 0.757. The highest BCUT2D eigenvalue weighted by Gasteiger charge is 2.14. The summed E-state index contributed by atoms with van der Waals surface area (Å²) in [6, 6.07) is 6.20. The molecule has 2 aromatic rings. The van der Waals surface area contributed by atoms with E-state index in [1.54, 1.807) is 12.1 Å². The molecule has 0 aliphatic carbocycles. The Kier molecular flexibility index (Phi) is 4.67. The van der Waals surface area contributed by atoms with Crippen LogP contribution in [-0.4, -0.2) is 5.11 Å². The van der Waals surface area contributed by atoms with Gasteiger partial charge in [0.1, 0.15) is 10.2 Å². The van der Waals surface area contributed by atoms with Crippen molar-refractivity contribution in [2.45, 2.75) is 12.5 Å². The largest absolute Gasteiger partial charge is 0.387 e. The fourth-order valence-electron chi connectivity index (χ4n) is 1.52. The first kappa shape index (κ1) is 14.3. The van der Waals surface area contributed by atoms with Crippen molar-refractivity contribution in [3.8, 4) is 0 Å². The number of benzene rings is 1. The van der Waals surface area contributed by atoms with Gasteiger partial charge in [0.05, 0.1) is 11.1 Å². The van der Waals surface area contributed by atoms with Crippen LogP contribution in [0.5, 0.6) is 0 Å². The molecule has 96 valence electrons. The molecule has 1 unspecified atom stereocenters. The first-order valence-electron chi connectivity index (χ1n) is 5.04. The van der Waals surface area contributed by atoms with Crippen molar-refractivity contribution in [1.29, 1.82) is 0 Å². The molecule has 0 aliphatic heterocycles. The minimum Gasteiger partial charge on any atom is -0.387 e. The Morgan fingerprint density at radius 2 is 2.06 bits per heavy atom. The second kappa shape index (κ2) is 5.88. The van der Waals surface area contributed by atoms with Gasteiger partial charge in [0, 0.05) is 15.8 Å². The monoisotopic (exact) mass is 368 g/mol. The van der Waals surface area contributed by atoms with Crippen LogP contribution in [0, 0.1) is 5.82 Å². The number of rotatable bonds is 3. The van der Waals surface area contributed by atoms with E-state index in [9.17, 15) is 9.50 Å². The maximum Gasteiger partial charge on any atom is 0.141 e. The fourth-order valence-corrected chi connectivity index (χ4v) is 3.44. The summed E-state index contributed by atoms with van der Waals surface area (Å²) in [5, 5.41) is 10.1. The minimum absolute atomic E-state index is 0.0603. The van der Waals surface area contributed by atoms with Crippen molar-refractivity contribution in [2.75, 3.05) is 0 Å². The molecule has 2 rings (SSSR count). The molecular weight excluding hydrogens is 362 g/mol. The summed E-state index contributed by atoms with van der Waals surface area (Å²) < 4.78 is 14.4. The molecule has 0 amide bonds. The predicted octanol–water partition coefficient (Wildman–Crippen LogP) is 5.23. The van der Waals surface area contributed by atoms with Crippen LogP contribution in [0.2, 0.25) is 9.36 Å². The number of halogens is 4. The lowest BCUT2D eigenvalue weighted by Gasteiger charge is -2.08. The molecule has 0 radical (unpaired) electrons. The van der Waals surface area contributed by atoms with Gasteiger partial charge in [0.25, 0.3) is 0 Å². The van der Waals surface area contributed by atoms with Crippen molar-refractivity contribution in [3.05, 3.63) is 54.4 Å². The van der Waals surface area contributed by atoms with Crippen molar-refractivity contribution < 1.29 is 9.50 Å². The van der Waals surface area contributed by atoms with Crippen LogP contribution in [0.15, 0.2) is 28.7 Å². The summed E-state index contributed by atoms with van der Waals surface area (Å²) in [5.41, 5.74) is 0.773. The number of hydrogen-bond acceptors (Lipinski definition) is 2. The Hall–Kier alpha value is -0.130. The average Bonchev–Trinajstić information content (AvgIpc) is 2.65. The number of hydrogen-bond donors (Lipinski definition) is 1. The third-order valence-corrected chi connectivity index (χ3v) is 5.27. The molecule has 0 fully saturated rings. The third-order valence-electron chi connectivity index (χ3n) is 2.41. The van der Waals surface area contributed by atoms with Crippen molar-refractivity contribution in [3.63, 3.8) is 0 Å². The topological polar surface area (TPSA) is 20.2 Å². The first-order chi connectivity index (χ1) is 8.47. The molecule has 6 heteroatoms. The molecule has 18 heavy (non-hydrogen) atoms. The van der Waals surface area contributed by atoms with Crippen LogP contribution in [0.25, 0.3) is 0 Å². The minimum atomic E-state index is -0.680. The molecule has 1 atom stereocenters. The van der Waals surface area contributed by atoms with Gasteiger partial charge in [-0.2, -0.15) is 0 Å². The van der Waals surface area contributed by atoms with Crippen LogP contribution >= 0.6 is 50.5 Å². The summed E-state index contributed by atoms with van der Waals surface area (Å²) >= 11 is 16.2. The highest BCUT2D eigenvalue weighted by atomic mass is 79.9. The molecule has 0 saturated carbocycles. The zero-order chi connectivity index (χ0) is 13.3. The summed E-state index contributed by atoms with van der Waals surface area (Å²) in [7, 11) is 0. The summed E-state index contributed by atoms with van der Waals surface area (Å²) in [5.74, 6) is -0.461. The quantitative estimate of drug-likeness (QED) is 0.784. The van der Waals surface area contributed by atoms with E-state index in [0.29, 0.717) is 10.8 Å². The van der Waals surface area contributed by atoms with E-state index >= 15 is 0 Å². The summed E-state index contributed by atoms with van der Waals surface area (Å²) in [6.45, 7) is 0. The Balaban J connectivity index is 2.15. The predicted molar refractivity (Wildman–Crippen MR) is 77.1 cm³/mol. The second-order valence-corrected chi connectivity index (χ2v) is 6.69. The molecule has 1 aromatic carbocycles. The Bertz CT molecular complexity index is 554. The van der Waals surface area contributed by atoms with Gasteiger partial charge < -0.3 is 5.11 Å². The van der Waals surface area contributed by atoms with Crippen molar-refractivity contribution >= 4 is 50.5 Å². The van der Waals surface area contributed by atoms with E-state index in [1.165, 1.54) is 23.5 Å². The van der Waals surface area contributed by atoms with Crippen LogP contribution in [0.1, 0.15) is 16.5 Å². The van der Waals surface area contributed by atoms with Crippen LogP contribution < -0.4 is 0 Å². The summed E-state index contributed by atoms with van der Waals surface area (Å²) in [6.07, 6.45) is -0.316. The van der Waals surface area contributed by atoms with Crippen LogP contribution in [0.3, 0.4) is 0 Å². The second-order valence-electron chi connectivity index (χ2n) is 3.74. The van der Waals surface area contributed by atoms with E-state index in [0.717, 1.165) is 14.9 Å². The van der Waals surface area contributed by atoms with Gasteiger partial charge >= 0.3 is 0 Å². The lowest BCUT2D eigenvalue weighted by atomic mass is 10.1. The van der Waals surface area contributed by atoms with Gasteiger partial charge in [-0.05, 0) is 39.7 Å². The zero-order valence-corrected chi connectivity index (χ0v) is 12.9. The molecular formula is C12H8BrCl2FOS. The first-order valence-corrected chi connectivity index (χ1v) is 7.40. The normalized spacial score (nSPS) is 12.7. The van der Waals surface area contributed by atoms with Gasteiger partial charge in [0.2, 0.25) is 0 Å². The van der Waals surface area contributed by atoms with Crippen molar-refractivity contribution in [2.24, 2.45) is 0 Å². The standard InChI is InChI=1S/C12H8BrCl2FOS/c13-7-5-11(18-12(7)15)10(17)4-6-1-2-9(16)8(14)3-6/h1-3,5,10,17H,4H2.